The van der Waals surface area contributed by atoms with Crippen molar-refractivity contribution in [1.29, 1.82) is 0 Å². The number of methoxy groups -OCH3 is 1. The van der Waals surface area contributed by atoms with Crippen LogP contribution >= 0.6 is 0 Å². The van der Waals surface area contributed by atoms with Crippen LogP contribution < -0.4 is 20.1 Å². The number of ether oxygens (including phenoxy) is 2. The topological polar surface area (TPSA) is 42.5 Å². The first-order valence-electron chi connectivity index (χ1n) is 6.57. The lowest BCUT2D eigenvalue weighted by atomic mass is 10.2. The first-order valence-corrected chi connectivity index (χ1v) is 6.57. The van der Waals surface area contributed by atoms with Crippen LogP contribution in [0.2, 0.25) is 0 Å². The first kappa shape index (κ1) is 15.5. The summed E-state index contributed by atoms with van der Waals surface area (Å²) >= 11 is 0. The summed E-state index contributed by atoms with van der Waals surface area (Å²) in [5, 5.41) is 6.52. The molecule has 0 aliphatic rings. The Balaban J connectivity index is 2.48. The minimum atomic E-state index is 0.484. The minimum Gasteiger partial charge on any atom is -0.493 e. The molecule has 0 aromatic heterocycles. The molecule has 0 unspecified atom stereocenters. The molecule has 0 bridgehead atoms. The average molecular weight is 264 g/mol. The van der Waals surface area contributed by atoms with Gasteiger partial charge in [-0.3, -0.25) is 0 Å². The zero-order valence-electron chi connectivity index (χ0n) is 11.9. The van der Waals surface area contributed by atoms with Gasteiger partial charge in [-0.05, 0) is 44.3 Å². The van der Waals surface area contributed by atoms with E-state index in [9.17, 15) is 0 Å². The van der Waals surface area contributed by atoms with Gasteiger partial charge in [0.15, 0.2) is 11.5 Å². The van der Waals surface area contributed by atoms with Crippen molar-refractivity contribution >= 4 is 0 Å². The maximum Gasteiger partial charge on any atom is 0.161 e. The van der Waals surface area contributed by atoms with E-state index in [1.807, 2.05) is 25.2 Å². The minimum absolute atomic E-state index is 0.484. The molecule has 0 atom stereocenters. The number of rotatable bonds is 10. The molecule has 0 fully saturated rings. The normalized spacial score (nSPS) is 10.2. The molecule has 0 heterocycles. The van der Waals surface area contributed by atoms with Crippen LogP contribution in [0.15, 0.2) is 30.9 Å². The molecule has 0 aliphatic heterocycles. The van der Waals surface area contributed by atoms with Crippen LogP contribution in [0.1, 0.15) is 12.0 Å². The van der Waals surface area contributed by atoms with Gasteiger partial charge in [-0.15, -0.1) is 0 Å². The Morgan fingerprint density at radius 1 is 1.26 bits per heavy atom. The molecule has 4 nitrogen and oxygen atoms in total. The fourth-order valence-corrected chi connectivity index (χ4v) is 1.71. The van der Waals surface area contributed by atoms with E-state index in [2.05, 4.69) is 17.2 Å². The Morgan fingerprint density at radius 2 is 2.11 bits per heavy atom. The molecular formula is C15H24N2O2. The molecule has 1 aromatic carbocycles. The lowest BCUT2D eigenvalue weighted by Crippen LogP contribution is -2.19. The second-order valence-electron chi connectivity index (χ2n) is 4.22. The zero-order valence-corrected chi connectivity index (χ0v) is 11.9. The third-order valence-electron chi connectivity index (χ3n) is 2.69. The molecule has 0 spiro atoms. The van der Waals surface area contributed by atoms with Crippen LogP contribution in [0.4, 0.5) is 0 Å². The second kappa shape index (κ2) is 9.42. The van der Waals surface area contributed by atoms with E-state index in [1.165, 1.54) is 5.56 Å². The molecule has 1 aromatic rings. The molecule has 106 valence electrons. The maximum absolute atomic E-state index is 5.52. The Labute approximate surface area is 115 Å². The second-order valence-corrected chi connectivity index (χ2v) is 4.22. The zero-order chi connectivity index (χ0) is 13.9. The van der Waals surface area contributed by atoms with Crippen molar-refractivity contribution in [3.8, 4) is 11.5 Å². The number of benzene rings is 1. The van der Waals surface area contributed by atoms with Crippen molar-refractivity contribution in [2.75, 3.05) is 33.9 Å². The molecule has 4 heteroatoms. The van der Waals surface area contributed by atoms with Gasteiger partial charge >= 0.3 is 0 Å². The smallest absolute Gasteiger partial charge is 0.161 e. The highest BCUT2D eigenvalue weighted by Gasteiger charge is 2.05. The van der Waals surface area contributed by atoms with Gasteiger partial charge in [0.25, 0.3) is 0 Å². The standard InChI is InChI=1S/C15H24N2O2/c1-4-10-19-14-7-6-13(11-15(14)18-3)12-17-9-5-8-16-2/h4,6-7,11,16-17H,1,5,8-10,12H2,2-3H3. The molecular weight excluding hydrogens is 240 g/mol. The fourth-order valence-electron chi connectivity index (χ4n) is 1.71. The third-order valence-corrected chi connectivity index (χ3v) is 2.69. The largest absolute Gasteiger partial charge is 0.493 e. The number of hydrogen-bond donors (Lipinski definition) is 2. The van der Waals surface area contributed by atoms with Crippen LogP contribution in [0, 0.1) is 0 Å². The van der Waals surface area contributed by atoms with E-state index >= 15 is 0 Å². The molecule has 2 N–H and O–H groups in total. The Kier molecular flexibility index (Phi) is 7.70. The molecule has 1 rings (SSSR count). The van der Waals surface area contributed by atoms with E-state index in [4.69, 9.17) is 9.47 Å². The summed E-state index contributed by atoms with van der Waals surface area (Å²) in [5.74, 6) is 1.51. The van der Waals surface area contributed by atoms with Crippen molar-refractivity contribution in [1.82, 2.24) is 10.6 Å². The SMILES string of the molecule is C=CCOc1ccc(CNCCCNC)cc1OC. The van der Waals surface area contributed by atoms with Crippen LogP contribution in [0.25, 0.3) is 0 Å². The predicted molar refractivity (Wildman–Crippen MR) is 78.9 cm³/mol. The Morgan fingerprint density at radius 3 is 2.79 bits per heavy atom. The van der Waals surface area contributed by atoms with Crippen molar-refractivity contribution in [2.24, 2.45) is 0 Å². The van der Waals surface area contributed by atoms with Gasteiger partial charge in [0.2, 0.25) is 0 Å². The van der Waals surface area contributed by atoms with Crippen LogP contribution in [-0.4, -0.2) is 33.9 Å². The lowest BCUT2D eigenvalue weighted by molar-refractivity contribution is 0.326. The van der Waals surface area contributed by atoms with Crippen LogP contribution in [0.5, 0.6) is 11.5 Å². The predicted octanol–water partition coefficient (Wildman–Crippen LogP) is 1.96. The van der Waals surface area contributed by atoms with Crippen LogP contribution in [0.3, 0.4) is 0 Å². The van der Waals surface area contributed by atoms with Crippen molar-refractivity contribution in [2.45, 2.75) is 13.0 Å². The third kappa shape index (κ3) is 5.77. The van der Waals surface area contributed by atoms with E-state index in [0.717, 1.165) is 37.6 Å². The van der Waals surface area contributed by atoms with Gasteiger partial charge in [0, 0.05) is 6.54 Å². The summed E-state index contributed by atoms with van der Waals surface area (Å²) in [5.41, 5.74) is 1.19. The quantitative estimate of drug-likeness (QED) is 0.501. The van der Waals surface area contributed by atoms with Gasteiger partial charge in [-0.1, -0.05) is 18.7 Å². The summed E-state index contributed by atoms with van der Waals surface area (Å²) < 4.78 is 10.8. The van der Waals surface area contributed by atoms with Crippen molar-refractivity contribution in [3.05, 3.63) is 36.4 Å². The summed E-state index contributed by atoms with van der Waals surface area (Å²) in [6, 6.07) is 5.99. The highest BCUT2D eigenvalue weighted by atomic mass is 16.5. The molecule has 0 saturated carbocycles. The Hall–Kier alpha value is -1.52. The number of nitrogens with one attached hydrogen (secondary N) is 2. The summed E-state index contributed by atoms with van der Waals surface area (Å²) in [4.78, 5) is 0. The monoisotopic (exact) mass is 264 g/mol. The van der Waals surface area contributed by atoms with Crippen molar-refractivity contribution in [3.63, 3.8) is 0 Å². The molecule has 19 heavy (non-hydrogen) atoms. The van der Waals surface area contributed by atoms with Gasteiger partial charge in [0.1, 0.15) is 6.61 Å². The Bertz CT molecular complexity index is 380. The molecule has 0 saturated heterocycles. The average Bonchev–Trinajstić information content (AvgIpc) is 2.45. The van der Waals surface area contributed by atoms with E-state index in [-0.39, 0.29) is 0 Å². The molecule has 0 aliphatic carbocycles. The molecule has 0 amide bonds. The number of hydrogen-bond acceptors (Lipinski definition) is 4. The maximum atomic E-state index is 5.52. The van der Waals surface area contributed by atoms with Crippen molar-refractivity contribution < 1.29 is 9.47 Å². The lowest BCUT2D eigenvalue weighted by Gasteiger charge is -2.11. The molecule has 0 radical (unpaired) electrons. The van der Waals surface area contributed by atoms with E-state index < -0.39 is 0 Å². The van der Waals surface area contributed by atoms with Gasteiger partial charge in [-0.2, -0.15) is 0 Å². The van der Waals surface area contributed by atoms with Crippen LogP contribution in [-0.2, 0) is 6.54 Å². The van der Waals surface area contributed by atoms with E-state index in [0.29, 0.717) is 6.61 Å². The fraction of sp³-hybridized carbons (Fsp3) is 0.467. The van der Waals surface area contributed by atoms with Gasteiger partial charge in [0.05, 0.1) is 7.11 Å². The summed E-state index contributed by atoms with van der Waals surface area (Å²) in [6.45, 7) is 6.98. The highest BCUT2D eigenvalue weighted by Crippen LogP contribution is 2.27. The summed E-state index contributed by atoms with van der Waals surface area (Å²) in [6.07, 6.45) is 2.84. The van der Waals surface area contributed by atoms with E-state index in [1.54, 1.807) is 13.2 Å². The highest BCUT2D eigenvalue weighted by molar-refractivity contribution is 5.43. The van der Waals surface area contributed by atoms with Gasteiger partial charge < -0.3 is 20.1 Å². The first-order chi connectivity index (χ1) is 9.31. The summed E-state index contributed by atoms with van der Waals surface area (Å²) in [7, 11) is 3.62. The van der Waals surface area contributed by atoms with Gasteiger partial charge in [-0.25, -0.2) is 0 Å².